The molecule has 0 saturated carbocycles. The number of carbonyl (C=O) groups excluding carboxylic acids is 1. The summed E-state index contributed by atoms with van der Waals surface area (Å²) in [7, 11) is -1.75. The third-order valence-corrected chi connectivity index (χ3v) is 4.74. The highest BCUT2D eigenvalue weighted by molar-refractivity contribution is 9.10. The highest BCUT2D eigenvalue weighted by Crippen LogP contribution is 2.22. The Hall–Kier alpha value is -1.74. The number of carbonyl (C=O) groups is 1. The van der Waals surface area contributed by atoms with Crippen molar-refractivity contribution in [1.29, 1.82) is 0 Å². The highest BCUT2D eigenvalue weighted by Gasteiger charge is 2.30. The summed E-state index contributed by atoms with van der Waals surface area (Å²) in [5.41, 5.74) is -0.0143. The van der Waals surface area contributed by atoms with Crippen molar-refractivity contribution in [2.75, 3.05) is 14.2 Å². The number of benzene rings is 1. The van der Waals surface area contributed by atoms with Crippen LogP contribution in [0.3, 0.4) is 0 Å². The van der Waals surface area contributed by atoms with Crippen LogP contribution in [-0.4, -0.2) is 38.6 Å². The van der Waals surface area contributed by atoms with Gasteiger partial charge >= 0.3 is 16.2 Å². The van der Waals surface area contributed by atoms with Crippen LogP contribution in [0.1, 0.15) is 5.56 Å². The van der Waals surface area contributed by atoms with Crippen molar-refractivity contribution in [3.63, 3.8) is 0 Å². The number of methoxy groups -OCH3 is 1. The minimum Gasteiger partial charge on any atom is -0.464 e. The SMILES string of the molecule is COC(=O)C1=CC(c2ccc(Br)c(F)c2)=NS(=O)(=O)N1C. The molecule has 2 rings (SSSR count). The monoisotopic (exact) mass is 376 g/mol. The zero-order valence-electron chi connectivity index (χ0n) is 11.0. The summed E-state index contributed by atoms with van der Waals surface area (Å²) < 4.78 is 46.4. The Balaban J connectivity index is 2.59. The normalized spacial score (nSPS) is 17.0. The molecule has 1 aliphatic heterocycles. The van der Waals surface area contributed by atoms with Gasteiger partial charge in [-0.3, -0.25) is 0 Å². The van der Waals surface area contributed by atoms with Crippen molar-refractivity contribution in [1.82, 2.24) is 4.31 Å². The molecule has 21 heavy (non-hydrogen) atoms. The fourth-order valence-electron chi connectivity index (χ4n) is 1.64. The van der Waals surface area contributed by atoms with Crippen LogP contribution >= 0.6 is 15.9 Å². The van der Waals surface area contributed by atoms with Crippen molar-refractivity contribution < 1.29 is 22.3 Å². The van der Waals surface area contributed by atoms with E-state index < -0.39 is 22.0 Å². The maximum absolute atomic E-state index is 13.6. The van der Waals surface area contributed by atoms with Crippen LogP contribution in [0.2, 0.25) is 0 Å². The van der Waals surface area contributed by atoms with Gasteiger partial charge in [0.1, 0.15) is 11.5 Å². The first-order valence-corrected chi connectivity index (χ1v) is 7.79. The number of hydrogen-bond acceptors (Lipinski definition) is 4. The molecule has 0 saturated heterocycles. The van der Waals surface area contributed by atoms with E-state index in [1.54, 1.807) is 0 Å². The average molecular weight is 377 g/mol. The van der Waals surface area contributed by atoms with E-state index in [0.717, 1.165) is 13.2 Å². The summed E-state index contributed by atoms with van der Waals surface area (Å²) in [6.45, 7) is 0. The molecule has 0 fully saturated rings. The molecule has 0 aromatic heterocycles. The van der Waals surface area contributed by atoms with Crippen LogP contribution in [0.15, 0.2) is 38.8 Å². The Bertz CT molecular complexity index is 773. The fourth-order valence-corrected chi connectivity index (χ4v) is 2.79. The smallest absolute Gasteiger partial charge is 0.355 e. The maximum Gasteiger partial charge on any atom is 0.355 e. The molecule has 1 aliphatic rings. The number of likely N-dealkylation sites (N-methyl/N-ethyl adjacent to an activating group) is 1. The Morgan fingerprint density at radius 3 is 2.67 bits per heavy atom. The number of ether oxygens (including phenoxy) is 1. The predicted octanol–water partition coefficient (Wildman–Crippen LogP) is 1.62. The molecule has 1 aromatic rings. The molecule has 0 N–H and O–H groups in total. The van der Waals surface area contributed by atoms with Gasteiger partial charge in [0.05, 0.1) is 17.3 Å². The van der Waals surface area contributed by atoms with Gasteiger partial charge in [0.2, 0.25) is 0 Å². The van der Waals surface area contributed by atoms with Crippen LogP contribution in [0.25, 0.3) is 0 Å². The number of hydrogen-bond donors (Lipinski definition) is 0. The van der Waals surface area contributed by atoms with Gasteiger partial charge in [-0.2, -0.15) is 8.42 Å². The van der Waals surface area contributed by atoms with Crippen LogP contribution in [0.5, 0.6) is 0 Å². The maximum atomic E-state index is 13.6. The fraction of sp³-hybridized carbons (Fsp3) is 0.167. The number of halogens is 2. The average Bonchev–Trinajstić information content (AvgIpc) is 2.43. The van der Waals surface area contributed by atoms with Crippen molar-refractivity contribution >= 4 is 37.8 Å². The summed E-state index contributed by atoms with van der Waals surface area (Å²) >= 11 is 3.00. The van der Waals surface area contributed by atoms with E-state index >= 15 is 0 Å². The second-order valence-corrected chi connectivity index (χ2v) is 6.55. The lowest BCUT2D eigenvalue weighted by Gasteiger charge is -2.22. The molecule has 112 valence electrons. The van der Waals surface area contributed by atoms with E-state index in [1.165, 1.54) is 25.3 Å². The van der Waals surface area contributed by atoms with E-state index in [9.17, 15) is 17.6 Å². The summed E-state index contributed by atoms with van der Waals surface area (Å²) in [5, 5.41) is 0. The Kier molecular flexibility index (Phi) is 4.15. The van der Waals surface area contributed by atoms with Crippen LogP contribution in [-0.2, 0) is 19.7 Å². The zero-order valence-corrected chi connectivity index (χ0v) is 13.4. The molecule has 0 spiro atoms. The second kappa shape index (κ2) is 5.57. The van der Waals surface area contributed by atoms with E-state index in [4.69, 9.17) is 0 Å². The van der Waals surface area contributed by atoms with E-state index in [-0.39, 0.29) is 21.4 Å². The minimum atomic E-state index is -4.07. The first-order chi connectivity index (χ1) is 9.76. The number of allylic oxidation sites excluding steroid dienone is 1. The van der Waals surface area contributed by atoms with Gasteiger partial charge in [0, 0.05) is 12.6 Å². The minimum absolute atomic E-state index is 0.0418. The molecule has 6 nitrogen and oxygen atoms in total. The van der Waals surface area contributed by atoms with Crippen molar-refractivity contribution in [3.8, 4) is 0 Å². The lowest BCUT2D eigenvalue weighted by atomic mass is 10.1. The number of rotatable bonds is 2. The molecule has 0 amide bonds. The molecule has 1 heterocycles. The third kappa shape index (κ3) is 2.98. The van der Waals surface area contributed by atoms with Gasteiger partial charge in [-0.05, 0) is 34.1 Å². The molecular formula is C12H10BrFN2O4S. The van der Waals surface area contributed by atoms with Crippen molar-refractivity contribution in [2.45, 2.75) is 0 Å². The molecule has 0 atom stereocenters. The highest BCUT2D eigenvalue weighted by atomic mass is 79.9. The van der Waals surface area contributed by atoms with Gasteiger partial charge in [-0.1, -0.05) is 6.07 Å². The molecule has 1 aromatic carbocycles. The van der Waals surface area contributed by atoms with Gasteiger partial charge in [0.25, 0.3) is 0 Å². The van der Waals surface area contributed by atoms with Gasteiger partial charge in [-0.25, -0.2) is 13.5 Å². The third-order valence-electron chi connectivity index (χ3n) is 2.78. The summed E-state index contributed by atoms with van der Waals surface area (Å²) in [6, 6.07) is 4.02. The Labute approximate surface area is 129 Å². The van der Waals surface area contributed by atoms with E-state index in [2.05, 4.69) is 25.1 Å². The number of nitrogens with zero attached hydrogens (tertiary/aromatic N) is 2. The van der Waals surface area contributed by atoms with Gasteiger partial charge in [-0.15, -0.1) is 4.40 Å². The summed E-state index contributed by atoms with van der Waals surface area (Å²) in [5.74, 6) is -1.40. The van der Waals surface area contributed by atoms with Crippen molar-refractivity contribution in [2.24, 2.45) is 4.40 Å². The lowest BCUT2D eigenvalue weighted by Crippen LogP contribution is -2.33. The standard InChI is InChI=1S/C12H10BrFN2O4S/c1-16-11(12(17)20-2)6-10(15-21(16,18)19)7-3-4-8(13)9(14)5-7/h3-6H,1-2H3. The van der Waals surface area contributed by atoms with E-state index in [0.29, 0.717) is 4.31 Å². The molecule has 9 heteroatoms. The Morgan fingerprint density at radius 1 is 1.43 bits per heavy atom. The Morgan fingerprint density at radius 2 is 2.10 bits per heavy atom. The second-order valence-electron chi connectivity index (χ2n) is 4.07. The largest absolute Gasteiger partial charge is 0.464 e. The first-order valence-electron chi connectivity index (χ1n) is 5.60. The molecular weight excluding hydrogens is 367 g/mol. The summed E-state index contributed by atoms with van der Waals surface area (Å²) in [6.07, 6.45) is 1.23. The molecule has 0 radical (unpaired) electrons. The van der Waals surface area contributed by atoms with Gasteiger partial charge < -0.3 is 4.74 Å². The first kappa shape index (κ1) is 15.6. The zero-order chi connectivity index (χ0) is 15.8. The topological polar surface area (TPSA) is 76.0 Å². The summed E-state index contributed by atoms with van der Waals surface area (Å²) in [4.78, 5) is 11.6. The van der Waals surface area contributed by atoms with E-state index in [1.807, 2.05) is 0 Å². The van der Waals surface area contributed by atoms with Crippen molar-refractivity contribution in [3.05, 3.63) is 45.8 Å². The van der Waals surface area contributed by atoms with Crippen LogP contribution in [0, 0.1) is 5.82 Å². The van der Waals surface area contributed by atoms with Gasteiger partial charge in [0.15, 0.2) is 0 Å². The van der Waals surface area contributed by atoms with Crippen LogP contribution in [0.4, 0.5) is 4.39 Å². The lowest BCUT2D eigenvalue weighted by molar-refractivity contribution is -0.137. The molecule has 0 bridgehead atoms. The molecule has 0 aliphatic carbocycles. The predicted molar refractivity (Wildman–Crippen MR) is 77.4 cm³/mol. The van der Waals surface area contributed by atoms with Crippen LogP contribution < -0.4 is 0 Å². The quantitative estimate of drug-likeness (QED) is 0.735. The molecule has 0 unspecified atom stereocenters. The number of esters is 1.